The quantitative estimate of drug-likeness (QED) is 0.167. The summed E-state index contributed by atoms with van der Waals surface area (Å²) < 4.78 is 18.9. The Morgan fingerprint density at radius 1 is 0.343 bits per heavy atom. The fourth-order valence-electron chi connectivity index (χ4n) is 11.7. The topological polar surface area (TPSA) is 36.1 Å². The van der Waals surface area contributed by atoms with E-state index < -0.39 is 0 Å². The summed E-state index contributed by atoms with van der Waals surface area (Å²) in [5.74, 6) is 1.81. The van der Waals surface area contributed by atoms with E-state index >= 15 is 0 Å². The van der Waals surface area contributed by atoms with Crippen LogP contribution in [-0.2, 0) is 5.41 Å². The van der Waals surface area contributed by atoms with E-state index in [1.807, 2.05) is 0 Å². The monoisotopic (exact) mass is 912 g/mol. The molecule has 4 heterocycles. The molecule has 0 aliphatic rings. The lowest BCUT2D eigenvalue weighted by Crippen LogP contribution is -2.12. The standard InChI is InChI=1S/C66H60N2O2/c1-35(2)39-14-20-56-49(26-39)50-27-40(36(3)4)15-21-57(50)67(56)47-18-12-43-30-53-54-34-62-63(64(66(9,10)11)65(54)70-60(53)32-45(43)24-47)55-31-44-13-19-48(25-46(44)33-61(55)69-62)68-58-22-16-41(37(5)6)28-51(58)52-29-42(38(7)8)17-23-59(52)68/h12-38H,1-11H3. The highest BCUT2D eigenvalue weighted by atomic mass is 16.3. The summed E-state index contributed by atoms with van der Waals surface area (Å²) in [4.78, 5) is 0. The molecule has 9 aromatic carbocycles. The molecule has 0 atom stereocenters. The maximum atomic E-state index is 7.09. The van der Waals surface area contributed by atoms with Crippen molar-refractivity contribution in [3.05, 3.63) is 167 Å². The molecule has 13 aromatic rings. The number of fused-ring (bicyclic) bond motifs is 14. The molecular formula is C66H60N2O2. The van der Waals surface area contributed by atoms with Crippen LogP contribution in [-0.4, -0.2) is 9.13 Å². The maximum absolute atomic E-state index is 7.09. The number of hydrogen-bond acceptors (Lipinski definition) is 2. The number of nitrogens with zero attached hydrogens (tertiary/aromatic N) is 2. The van der Waals surface area contributed by atoms with Gasteiger partial charge in [-0.25, -0.2) is 0 Å². The SMILES string of the molecule is CC(C)c1ccc2c(c1)c1cc(C(C)C)ccc1n2-c1ccc2cc3c(cc2c1)oc1c(C(C)(C)C)c2c(cc13)oc1cc3cc(-n4c5ccc(C(C)C)cc5c5cc(C(C)C)ccc54)ccc3cc12. The van der Waals surface area contributed by atoms with Crippen molar-refractivity contribution in [2.45, 2.75) is 105 Å². The van der Waals surface area contributed by atoms with Crippen LogP contribution in [0.4, 0.5) is 0 Å². The number of benzene rings is 9. The van der Waals surface area contributed by atoms with Gasteiger partial charge in [0.2, 0.25) is 0 Å². The van der Waals surface area contributed by atoms with Gasteiger partial charge in [-0.15, -0.1) is 0 Å². The maximum Gasteiger partial charge on any atom is 0.140 e. The van der Waals surface area contributed by atoms with E-state index in [0.29, 0.717) is 23.7 Å². The average Bonchev–Trinajstić information content (AvgIpc) is 4.07. The smallest absolute Gasteiger partial charge is 0.140 e. The lowest BCUT2D eigenvalue weighted by atomic mass is 9.82. The van der Waals surface area contributed by atoms with Crippen molar-refractivity contribution in [2.24, 2.45) is 0 Å². The molecule has 0 fully saturated rings. The molecule has 13 rings (SSSR count). The van der Waals surface area contributed by atoms with Crippen molar-refractivity contribution in [3.63, 3.8) is 0 Å². The van der Waals surface area contributed by atoms with E-state index in [0.717, 1.165) is 66.0 Å². The Bertz CT molecular complexity index is 4060. The van der Waals surface area contributed by atoms with Crippen molar-refractivity contribution in [2.75, 3.05) is 0 Å². The molecule has 0 saturated heterocycles. The molecule has 0 aliphatic carbocycles. The van der Waals surface area contributed by atoms with Gasteiger partial charge in [0.15, 0.2) is 0 Å². The summed E-state index contributed by atoms with van der Waals surface area (Å²) in [6, 6.07) is 53.2. The molecule has 70 heavy (non-hydrogen) atoms. The van der Waals surface area contributed by atoms with Crippen LogP contribution >= 0.6 is 0 Å². The summed E-state index contributed by atoms with van der Waals surface area (Å²) in [6.07, 6.45) is 0. The predicted molar refractivity (Wildman–Crippen MR) is 300 cm³/mol. The highest BCUT2D eigenvalue weighted by Crippen LogP contribution is 2.47. The second-order valence-electron chi connectivity index (χ2n) is 22.6. The van der Waals surface area contributed by atoms with Crippen molar-refractivity contribution in [1.29, 1.82) is 0 Å². The van der Waals surface area contributed by atoms with Crippen molar-refractivity contribution in [1.82, 2.24) is 9.13 Å². The van der Waals surface area contributed by atoms with Gasteiger partial charge in [-0.3, -0.25) is 0 Å². The van der Waals surface area contributed by atoms with E-state index in [-0.39, 0.29) is 5.41 Å². The minimum Gasteiger partial charge on any atom is -0.456 e. The molecule has 0 saturated carbocycles. The van der Waals surface area contributed by atoms with Gasteiger partial charge in [-0.05, 0) is 176 Å². The molecule has 0 bridgehead atoms. The fourth-order valence-corrected chi connectivity index (χ4v) is 11.7. The van der Waals surface area contributed by atoms with Gasteiger partial charge in [-0.2, -0.15) is 0 Å². The third kappa shape index (κ3) is 6.34. The normalized spacial score (nSPS) is 13.0. The van der Waals surface area contributed by atoms with E-state index in [1.54, 1.807) is 0 Å². The van der Waals surface area contributed by atoms with Gasteiger partial charge < -0.3 is 18.0 Å². The van der Waals surface area contributed by atoms with Gasteiger partial charge in [0.05, 0.1) is 22.1 Å². The zero-order chi connectivity index (χ0) is 48.2. The van der Waals surface area contributed by atoms with Crippen LogP contribution in [0.2, 0.25) is 0 Å². The second-order valence-corrected chi connectivity index (χ2v) is 22.6. The Kier molecular flexibility index (Phi) is 9.23. The largest absolute Gasteiger partial charge is 0.456 e. The van der Waals surface area contributed by atoms with Crippen LogP contribution in [0.1, 0.15) is 128 Å². The number of rotatable bonds is 6. The van der Waals surface area contributed by atoms with Crippen LogP contribution in [0, 0.1) is 0 Å². The average molecular weight is 913 g/mol. The molecular weight excluding hydrogens is 853 g/mol. The first-order valence-electron chi connectivity index (χ1n) is 25.5. The summed E-state index contributed by atoms with van der Waals surface area (Å²) in [6.45, 7) is 25.1. The third-order valence-corrected chi connectivity index (χ3v) is 15.6. The molecule has 0 aliphatic heterocycles. The Hall–Kier alpha value is -7.30. The highest BCUT2D eigenvalue weighted by Gasteiger charge is 2.28. The Labute approximate surface area is 409 Å². The van der Waals surface area contributed by atoms with Gasteiger partial charge in [0.25, 0.3) is 0 Å². The van der Waals surface area contributed by atoms with Crippen molar-refractivity contribution in [3.8, 4) is 11.4 Å². The lowest BCUT2D eigenvalue weighted by molar-refractivity contribution is 0.577. The zero-order valence-electron chi connectivity index (χ0n) is 42.3. The minimum absolute atomic E-state index is 0.239. The van der Waals surface area contributed by atoms with E-state index in [9.17, 15) is 0 Å². The van der Waals surface area contributed by atoms with Crippen molar-refractivity contribution >= 4 is 109 Å². The van der Waals surface area contributed by atoms with E-state index in [2.05, 4.69) is 225 Å². The van der Waals surface area contributed by atoms with Gasteiger partial charge >= 0.3 is 0 Å². The van der Waals surface area contributed by atoms with Crippen molar-refractivity contribution < 1.29 is 8.83 Å². The first-order valence-corrected chi connectivity index (χ1v) is 25.5. The Balaban J connectivity index is 0.964. The molecule has 0 spiro atoms. The van der Waals surface area contributed by atoms with Crippen LogP contribution in [0.5, 0.6) is 0 Å². The molecule has 4 aromatic heterocycles. The lowest BCUT2D eigenvalue weighted by Gasteiger charge is -2.20. The third-order valence-electron chi connectivity index (χ3n) is 15.6. The number of aromatic nitrogens is 2. The number of hydrogen-bond donors (Lipinski definition) is 0. The Morgan fingerprint density at radius 2 is 0.743 bits per heavy atom. The molecule has 0 radical (unpaired) electrons. The van der Waals surface area contributed by atoms with Crippen LogP contribution in [0.25, 0.3) is 120 Å². The molecule has 4 nitrogen and oxygen atoms in total. The fraction of sp³-hybridized carbons (Fsp3) is 0.242. The highest BCUT2D eigenvalue weighted by molar-refractivity contribution is 6.21. The number of furan rings is 2. The van der Waals surface area contributed by atoms with E-state index in [4.69, 9.17) is 8.83 Å². The second kappa shape index (κ2) is 15.1. The van der Waals surface area contributed by atoms with Gasteiger partial charge in [0.1, 0.15) is 22.3 Å². The molecule has 0 unspecified atom stereocenters. The molecule has 346 valence electrons. The van der Waals surface area contributed by atoms with Gasteiger partial charge in [0, 0.05) is 60.0 Å². The summed E-state index contributed by atoms with van der Waals surface area (Å²) in [5, 5.41) is 14.3. The Morgan fingerprint density at radius 3 is 1.14 bits per heavy atom. The van der Waals surface area contributed by atoms with Crippen LogP contribution < -0.4 is 0 Å². The first kappa shape index (κ1) is 42.8. The first-order chi connectivity index (χ1) is 33.6. The predicted octanol–water partition coefficient (Wildman–Crippen LogP) is 19.8. The van der Waals surface area contributed by atoms with Gasteiger partial charge in [-0.1, -0.05) is 113 Å². The summed E-state index contributed by atoms with van der Waals surface area (Å²) in [7, 11) is 0. The molecule has 4 heteroatoms. The van der Waals surface area contributed by atoms with E-state index in [1.165, 1.54) is 82.2 Å². The zero-order valence-corrected chi connectivity index (χ0v) is 42.3. The van der Waals surface area contributed by atoms with Crippen LogP contribution in [0.3, 0.4) is 0 Å². The minimum atomic E-state index is -0.239. The summed E-state index contributed by atoms with van der Waals surface area (Å²) >= 11 is 0. The molecule has 0 N–H and O–H groups in total. The molecule has 0 amide bonds. The summed E-state index contributed by atoms with van der Waals surface area (Å²) in [5.41, 5.74) is 17.2. The van der Waals surface area contributed by atoms with Crippen LogP contribution in [0.15, 0.2) is 148 Å².